The van der Waals surface area contributed by atoms with Gasteiger partial charge in [0.1, 0.15) is 11.9 Å². The second kappa shape index (κ2) is 13.3. The van der Waals surface area contributed by atoms with Crippen LogP contribution in [0.2, 0.25) is 5.02 Å². The lowest BCUT2D eigenvalue weighted by Gasteiger charge is -2.34. The molecule has 8 nitrogen and oxygen atoms in total. The van der Waals surface area contributed by atoms with E-state index < -0.39 is 0 Å². The molecular weight excluding hydrogens is 526 g/mol. The van der Waals surface area contributed by atoms with Crippen LogP contribution in [0, 0.1) is 23.2 Å². The third-order valence-electron chi connectivity index (χ3n) is 8.93. The van der Waals surface area contributed by atoms with E-state index in [4.69, 9.17) is 26.4 Å². The molecule has 0 radical (unpaired) electrons. The number of amides is 1. The van der Waals surface area contributed by atoms with Gasteiger partial charge in [-0.05, 0) is 74.3 Å². The van der Waals surface area contributed by atoms with Crippen molar-refractivity contribution in [2.45, 2.75) is 63.5 Å². The molecule has 3 aliphatic rings. The SMILES string of the molecule is CC1CCC(OCON(C)[C@@H]2CN(C(=O)C3CCN(c4ccc(C#N)cn4)CC3)C[C@H]2c2ccc(Cl)cc2)CC1. The van der Waals surface area contributed by atoms with Gasteiger partial charge in [0.05, 0.1) is 17.7 Å². The molecule has 1 amide bonds. The average Bonchev–Trinajstić information content (AvgIpc) is 3.44. The second-order valence-corrected chi connectivity index (χ2v) is 12.0. The van der Waals surface area contributed by atoms with Crippen LogP contribution in [0.1, 0.15) is 62.5 Å². The fourth-order valence-electron chi connectivity index (χ4n) is 6.33. The fraction of sp³-hybridized carbons (Fsp3) is 0.581. The maximum absolute atomic E-state index is 13.7. The molecule has 0 bridgehead atoms. The number of pyridine rings is 1. The van der Waals surface area contributed by atoms with E-state index in [1.165, 1.54) is 12.8 Å². The number of benzene rings is 1. The number of anilines is 1. The van der Waals surface area contributed by atoms with Gasteiger partial charge in [-0.1, -0.05) is 30.7 Å². The number of hydrogen-bond donors (Lipinski definition) is 0. The molecule has 1 saturated carbocycles. The predicted octanol–water partition coefficient (Wildman–Crippen LogP) is 5.23. The average molecular weight is 566 g/mol. The largest absolute Gasteiger partial charge is 0.357 e. The van der Waals surface area contributed by atoms with Crippen LogP contribution in [-0.4, -0.2) is 73.0 Å². The normalized spacial score (nSPS) is 25.8. The zero-order valence-corrected chi connectivity index (χ0v) is 24.3. The first kappa shape index (κ1) is 28.8. The summed E-state index contributed by atoms with van der Waals surface area (Å²) in [5, 5.41) is 11.6. The summed E-state index contributed by atoms with van der Waals surface area (Å²) < 4.78 is 6.06. The molecule has 0 N–H and O–H groups in total. The van der Waals surface area contributed by atoms with Crippen LogP contribution < -0.4 is 4.90 Å². The molecule has 3 heterocycles. The topological polar surface area (TPSA) is 81.9 Å². The molecule has 3 fully saturated rings. The van der Waals surface area contributed by atoms with Crippen molar-refractivity contribution in [1.29, 1.82) is 5.26 Å². The summed E-state index contributed by atoms with van der Waals surface area (Å²) in [6.07, 6.45) is 8.04. The minimum atomic E-state index is -0.0116. The van der Waals surface area contributed by atoms with E-state index in [9.17, 15) is 4.79 Å². The summed E-state index contributed by atoms with van der Waals surface area (Å²) in [6, 6.07) is 13.8. The van der Waals surface area contributed by atoms with Gasteiger partial charge < -0.3 is 14.5 Å². The van der Waals surface area contributed by atoms with Crippen LogP contribution in [0.4, 0.5) is 5.82 Å². The summed E-state index contributed by atoms with van der Waals surface area (Å²) in [5.41, 5.74) is 1.71. The van der Waals surface area contributed by atoms with Crippen LogP contribution >= 0.6 is 11.6 Å². The van der Waals surface area contributed by atoms with Gasteiger partial charge in [0.2, 0.25) is 5.91 Å². The highest BCUT2D eigenvalue weighted by atomic mass is 35.5. The van der Waals surface area contributed by atoms with Gasteiger partial charge in [0.15, 0.2) is 6.79 Å². The number of halogens is 1. The number of hydroxylamine groups is 2. The smallest absolute Gasteiger partial charge is 0.225 e. The van der Waals surface area contributed by atoms with Crippen LogP contribution in [0.5, 0.6) is 0 Å². The van der Waals surface area contributed by atoms with Crippen molar-refractivity contribution in [1.82, 2.24) is 14.9 Å². The molecule has 40 heavy (non-hydrogen) atoms. The number of carbonyl (C=O) groups excluding carboxylic acids is 1. The standard InChI is InChI=1S/C31H40ClN5O3/c1-22-3-10-27(11-4-22)39-21-40-35(2)29-20-37(19-28(29)24-6-8-26(32)9-7-24)31(38)25-13-15-36(16-14-25)30-12-5-23(17-33)18-34-30/h5-9,12,18,22,25,27-29H,3-4,10-11,13-16,19-21H2,1-2H3/t22?,27?,28-,29+/m0/s1. The first-order chi connectivity index (χ1) is 19.4. The molecule has 2 atom stereocenters. The van der Waals surface area contributed by atoms with E-state index >= 15 is 0 Å². The minimum Gasteiger partial charge on any atom is -0.357 e. The Morgan fingerprint density at radius 2 is 1.80 bits per heavy atom. The quantitative estimate of drug-likeness (QED) is 0.320. The molecule has 214 valence electrons. The predicted molar refractivity (Wildman–Crippen MR) is 155 cm³/mol. The number of aromatic nitrogens is 1. The van der Waals surface area contributed by atoms with Crippen molar-refractivity contribution < 1.29 is 14.4 Å². The monoisotopic (exact) mass is 565 g/mol. The molecule has 0 spiro atoms. The molecule has 5 rings (SSSR count). The maximum Gasteiger partial charge on any atom is 0.225 e. The molecule has 2 aromatic rings. The van der Waals surface area contributed by atoms with Gasteiger partial charge in [-0.3, -0.25) is 9.63 Å². The molecule has 0 unspecified atom stereocenters. The Labute approximate surface area is 242 Å². The van der Waals surface area contributed by atoms with Crippen molar-refractivity contribution in [3.63, 3.8) is 0 Å². The second-order valence-electron chi connectivity index (χ2n) is 11.6. The van der Waals surface area contributed by atoms with Crippen molar-refractivity contribution in [2.75, 3.05) is 44.9 Å². The van der Waals surface area contributed by atoms with Crippen molar-refractivity contribution in [2.24, 2.45) is 11.8 Å². The Bertz CT molecular complexity index is 1150. The van der Waals surface area contributed by atoms with Crippen molar-refractivity contribution in [3.05, 3.63) is 58.7 Å². The lowest BCUT2D eigenvalue weighted by Crippen LogP contribution is -2.43. The third kappa shape index (κ3) is 6.95. The Hall–Kier alpha value is -2.70. The lowest BCUT2D eigenvalue weighted by molar-refractivity contribution is -0.243. The molecular formula is C31H40ClN5O3. The van der Waals surface area contributed by atoms with Gasteiger partial charge in [0.25, 0.3) is 0 Å². The molecule has 1 aromatic carbocycles. The Morgan fingerprint density at radius 3 is 2.45 bits per heavy atom. The van der Waals surface area contributed by atoms with Crippen molar-refractivity contribution >= 4 is 23.3 Å². The van der Waals surface area contributed by atoms with Gasteiger partial charge in [-0.15, -0.1) is 0 Å². The van der Waals surface area contributed by atoms with E-state index in [2.05, 4.69) is 35.0 Å². The van der Waals surface area contributed by atoms with E-state index in [0.29, 0.717) is 23.7 Å². The van der Waals surface area contributed by atoms with Crippen LogP contribution in [0.25, 0.3) is 0 Å². The number of nitrogens with zero attached hydrogens (tertiary/aromatic N) is 5. The van der Waals surface area contributed by atoms with E-state index in [-0.39, 0.29) is 36.7 Å². The van der Waals surface area contributed by atoms with E-state index in [1.807, 2.05) is 35.2 Å². The Balaban J connectivity index is 1.19. The van der Waals surface area contributed by atoms with Crippen molar-refractivity contribution in [3.8, 4) is 6.07 Å². The number of hydrogen-bond acceptors (Lipinski definition) is 7. The van der Waals surface area contributed by atoms with E-state index in [1.54, 1.807) is 12.3 Å². The van der Waals surface area contributed by atoms with Crippen LogP contribution in [0.3, 0.4) is 0 Å². The summed E-state index contributed by atoms with van der Waals surface area (Å²) >= 11 is 6.18. The lowest BCUT2D eigenvalue weighted by atomic mass is 9.89. The number of rotatable bonds is 8. The highest BCUT2D eigenvalue weighted by molar-refractivity contribution is 6.30. The van der Waals surface area contributed by atoms with Gasteiger partial charge in [0, 0.05) is 56.3 Å². The summed E-state index contributed by atoms with van der Waals surface area (Å²) in [7, 11) is 1.96. The summed E-state index contributed by atoms with van der Waals surface area (Å²) in [5.74, 6) is 1.96. The molecule has 2 aliphatic heterocycles. The highest BCUT2D eigenvalue weighted by Crippen LogP contribution is 2.34. The number of nitriles is 1. The number of piperidine rings is 1. The Kier molecular flexibility index (Phi) is 9.59. The first-order valence-corrected chi connectivity index (χ1v) is 14.9. The first-order valence-electron chi connectivity index (χ1n) is 14.5. The summed E-state index contributed by atoms with van der Waals surface area (Å²) in [6.45, 7) is 5.34. The van der Waals surface area contributed by atoms with Crippen LogP contribution in [0.15, 0.2) is 42.6 Å². The fourth-order valence-corrected chi connectivity index (χ4v) is 6.45. The van der Waals surface area contributed by atoms with Gasteiger partial charge >= 0.3 is 0 Å². The Morgan fingerprint density at radius 1 is 1.07 bits per heavy atom. The van der Waals surface area contributed by atoms with Gasteiger partial charge in [-0.25, -0.2) is 4.98 Å². The zero-order valence-electron chi connectivity index (χ0n) is 23.5. The molecule has 1 aromatic heterocycles. The highest BCUT2D eigenvalue weighted by Gasteiger charge is 2.41. The number of carbonyl (C=O) groups is 1. The molecule has 1 aliphatic carbocycles. The van der Waals surface area contributed by atoms with E-state index in [0.717, 1.165) is 56.1 Å². The zero-order chi connectivity index (χ0) is 28.1. The molecule has 2 saturated heterocycles. The van der Waals surface area contributed by atoms with Gasteiger partial charge in [-0.2, -0.15) is 10.3 Å². The van der Waals surface area contributed by atoms with Crippen LogP contribution in [-0.2, 0) is 14.4 Å². The third-order valence-corrected chi connectivity index (χ3v) is 9.19. The number of likely N-dealkylation sites (tertiary alicyclic amines) is 1. The maximum atomic E-state index is 13.7. The molecule has 9 heteroatoms. The minimum absolute atomic E-state index is 0.0116. The number of ether oxygens (including phenoxy) is 1. The summed E-state index contributed by atoms with van der Waals surface area (Å²) in [4.78, 5) is 28.5. The number of likely N-dealkylation sites (N-methyl/N-ethyl adjacent to an activating group) is 1.